The molecular formula is C25H38Cl3N3O. The van der Waals surface area contributed by atoms with Crippen molar-refractivity contribution >= 4 is 48.6 Å². The minimum Gasteiger partial charge on any atom is -0.485 e. The average Bonchev–Trinajstić information content (AvgIpc) is 3.08. The number of ether oxygens (including phenoxy) is 1. The third kappa shape index (κ3) is 5.59. The lowest BCUT2D eigenvalue weighted by Crippen LogP contribution is -2.52. The van der Waals surface area contributed by atoms with Crippen molar-refractivity contribution in [2.24, 2.45) is 0 Å². The van der Waals surface area contributed by atoms with Gasteiger partial charge in [-0.2, -0.15) is 0 Å². The van der Waals surface area contributed by atoms with E-state index in [-0.39, 0.29) is 42.8 Å². The first-order valence-corrected chi connectivity index (χ1v) is 11.0. The number of rotatable bonds is 5. The summed E-state index contributed by atoms with van der Waals surface area (Å²) < 4.78 is 6.65. The number of fused-ring (bicyclic) bond motifs is 1. The van der Waals surface area contributed by atoms with Gasteiger partial charge in [0, 0.05) is 62.6 Å². The molecule has 1 fully saturated rings. The highest BCUT2D eigenvalue weighted by Crippen LogP contribution is 2.44. The molecule has 0 radical (unpaired) electrons. The molecule has 0 aromatic heterocycles. The molecule has 32 heavy (non-hydrogen) atoms. The largest absolute Gasteiger partial charge is 0.485 e. The van der Waals surface area contributed by atoms with Crippen molar-refractivity contribution < 1.29 is 4.74 Å². The summed E-state index contributed by atoms with van der Waals surface area (Å²) in [5.74, 6) is 1.13. The van der Waals surface area contributed by atoms with Crippen molar-refractivity contribution in [3.8, 4) is 5.75 Å². The Kier molecular flexibility index (Phi) is 10.5. The molecule has 2 aliphatic rings. The maximum atomic E-state index is 6.65. The van der Waals surface area contributed by atoms with Crippen LogP contribution in [0.1, 0.15) is 36.1 Å². The number of para-hydroxylation sites is 1. The van der Waals surface area contributed by atoms with Crippen LogP contribution in [0.5, 0.6) is 5.75 Å². The van der Waals surface area contributed by atoms with E-state index in [2.05, 4.69) is 80.1 Å². The molecule has 2 heterocycles. The third-order valence-electron chi connectivity index (χ3n) is 6.68. The summed E-state index contributed by atoms with van der Waals surface area (Å²) in [6, 6.07) is 10.8. The average molecular weight is 503 g/mol. The molecular weight excluding hydrogens is 465 g/mol. The van der Waals surface area contributed by atoms with Gasteiger partial charge in [0.15, 0.2) is 0 Å². The first-order chi connectivity index (χ1) is 13.9. The van der Waals surface area contributed by atoms with Crippen LogP contribution < -0.4 is 15.0 Å². The summed E-state index contributed by atoms with van der Waals surface area (Å²) in [5, 5.41) is 3.57. The second-order valence-electron chi connectivity index (χ2n) is 8.92. The molecule has 1 N–H and O–H groups in total. The summed E-state index contributed by atoms with van der Waals surface area (Å²) in [6.07, 6.45) is 0.993. The number of halogens is 3. The van der Waals surface area contributed by atoms with E-state index in [9.17, 15) is 0 Å². The molecule has 1 atom stereocenters. The van der Waals surface area contributed by atoms with Gasteiger partial charge in [0.25, 0.3) is 0 Å². The van der Waals surface area contributed by atoms with Crippen molar-refractivity contribution in [1.29, 1.82) is 0 Å². The number of hydrogen-bond donors (Lipinski definition) is 1. The number of nitrogens with one attached hydrogen (secondary N) is 1. The Morgan fingerprint density at radius 2 is 1.53 bits per heavy atom. The van der Waals surface area contributed by atoms with Gasteiger partial charge in [-0.3, -0.25) is 4.90 Å². The maximum Gasteiger partial charge on any atom is 0.127 e. The summed E-state index contributed by atoms with van der Waals surface area (Å²) in [5.41, 5.74) is 7.86. The minimum atomic E-state index is -0.149. The van der Waals surface area contributed by atoms with E-state index in [1.165, 1.54) is 33.6 Å². The fraction of sp³-hybridized carbons (Fsp3) is 0.520. The first kappa shape index (κ1) is 28.7. The van der Waals surface area contributed by atoms with E-state index in [4.69, 9.17) is 4.74 Å². The van der Waals surface area contributed by atoms with E-state index >= 15 is 0 Å². The number of nitrogens with zero attached hydrogens (tertiary/aromatic N) is 2. The van der Waals surface area contributed by atoms with Gasteiger partial charge in [0.2, 0.25) is 0 Å². The van der Waals surface area contributed by atoms with Crippen molar-refractivity contribution in [2.45, 2.75) is 46.6 Å². The van der Waals surface area contributed by atoms with Crippen LogP contribution in [-0.2, 0) is 6.42 Å². The molecule has 0 bridgehead atoms. The Bertz CT molecular complexity index is 886. The zero-order chi connectivity index (χ0) is 20.6. The van der Waals surface area contributed by atoms with Crippen molar-refractivity contribution in [3.63, 3.8) is 0 Å². The number of hydrogen-bond acceptors (Lipinski definition) is 4. The smallest absolute Gasteiger partial charge is 0.127 e. The van der Waals surface area contributed by atoms with Gasteiger partial charge in [-0.1, -0.05) is 18.2 Å². The summed E-state index contributed by atoms with van der Waals surface area (Å²) in [4.78, 5) is 5.07. The molecule has 0 saturated carbocycles. The predicted molar refractivity (Wildman–Crippen MR) is 144 cm³/mol. The topological polar surface area (TPSA) is 27.7 Å². The summed E-state index contributed by atoms with van der Waals surface area (Å²) >= 11 is 0. The molecule has 0 amide bonds. The van der Waals surface area contributed by atoms with E-state index in [1.807, 2.05) is 0 Å². The normalized spacial score (nSPS) is 19.7. The van der Waals surface area contributed by atoms with E-state index in [1.54, 1.807) is 0 Å². The Morgan fingerprint density at radius 3 is 2.12 bits per heavy atom. The zero-order valence-corrected chi connectivity index (χ0v) is 22.3. The van der Waals surface area contributed by atoms with Gasteiger partial charge in [-0.15, -0.1) is 37.2 Å². The van der Waals surface area contributed by atoms with Crippen LogP contribution in [0.25, 0.3) is 0 Å². The number of anilines is 2. The van der Waals surface area contributed by atoms with Crippen molar-refractivity contribution in [3.05, 3.63) is 52.6 Å². The highest BCUT2D eigenvalue weighted by molar-refractivity contribution is 5.86. The summed E-state index contributed by atoms with van der Waals surface area (Å²) in [6.45, 7) is 17.4. The molecule has 4 rings (SSSR count). The second kappa shape index (κ2) is 11.7. The second-order valence-corrected chi connectivity index (χ2v) is 8.92. The van der Waals surface area contributed by atoms with E-state index in [0.29, 0.717) is 0 Å². The fourth-order valence-electron chi connectivity index (χ4n) is 5.00. The molecule has 0 aliphatic carbocycles. The van der Waals surface area contributed by atoms with Gasteiger partial charge >= 0.3 is 0 Å². The zero-order valence-electron chi connectivity index (χ0n) is 19.9. The Balaban J connectivity index is 0.00000171. The van der Waals surface area contributed by atoms with E-state index < -0.39 is 0 Å². The lowest BCUT2D eigenvalue weighted by atomic mass is 9.91. The number of benzene rings is 2. The molecule has 2 aromatic rings. The minimum absolute atomic E-state index is 0. The van der Waals surface area contributed by atoms with Gasteiger partial charge in [0.1, 0.15) is 11.4 Å². The van der Waals surface area contributed by atoms with Crippen LogP contribution in [0.2, 0.25) is 0 Å². The van der Waals surface area contributed by atoms with Gasteiger partial charge in [-0.05, 0) is 63.4 Å². The number of piperazine rings is 1. The van der Waals surface area contributed by atoms with Crippen LogP contribution >= 0.6 is 37.2 Å². The van der Waals surface area contributed by atoms with Gasteiger partial charge < -0.3 is 15.0 Å². The highest BCUT2D eigenvalue weighted by atomic mass is 35.5. The van der Waals surface area contributed by atoms with E-state index in [0.717, 1.165) is 51.4 Å². The monoisotopic (exact) mass is 501 g/mol. The SMILES string of the molecule is CCNc1c(C)c(C)c2c(c1C)CC(C)(CN1CCN(c3ccccc3)CC1)O2.Cl.Cl.Cl. The van der Waals surface area contributed by atoms with Crippen molar-refractivity contribution in [2.75, 3.05) is 49.5 Å². The van der Waals surface area contributed by atoms with Gasteiger partial charge in [-0.25, -0.2) is 0 Å². The van der Waals surface area contributed by atoms with Crippen LogP contribution in [0.15, 0.2) is 30.3 Å². The molecule has 1 unspecified atom stereocenters. The van der Waals surface area contributed by atoms with Crippen LogP contribution in [-0.4, -0.2) is 49.8 Å². The molecule has 1 saturated heterocycles. The molecule has 7 heteroatoms. The summed E-state index contributed by atoms with van der Waals surface area (Å²) in [7, 11) is 0. The Morgan fingerprint density at radius 1 is 0.906 bits per heavy atom. The molecule has 2 aromatic carbocycles. The lowest BCUT2D eigenvalue weighted by Gasteiger charge is -2.39. The van der Waals surface area contributed by atoms with Crippen LogP contribution in [0.3, 0.4) is 0 Å². The maximum absolute atomic E-state index is 6.65. The van der Waals surface area contributed by atoms with Gasteiger partial charge in [0.05, 0.1) is 0 Å². The predicted octanol–water partition coefficient (Wildman–Crippen LogP) is 5.82. The molecule has 180 valence electrons. The molecule has 4 nitrogen and oxygen atoms in total. The Labute approximate surface area is 212 Å². The molecule has 2 aliphatic heterocycles. The lowest BCUT2D eigenvalue weighted by molar-refractivity contribution is 0.0604. The quantitative estimate of drug-likeness (QED) is 0.557. The van der Waals surface area contributed by atoms with Crippen LogP contribution in [0.4, 0.5) is 11.4 Å². The fourth-order valence-corrected chi connectivity index (χ4v) is 5.00. The Hall–Kier alpha value is -1.33. The molecule has 0 spiro atoms. The standard InChI is InChI=1S/C25H35N3O.3ClH/c1-6-26-23-18(2)19(3)24-22(20(23)4)16-25(5,29-24)17-27-12-14-28(15-13-27)21-10-8-7-9-11-21;;;/h7-11,26H,6,12-17H2,1-5H3;3*1H. The third-order valence-corrected chi connectivity index (χ3v) is 6.68. The van der Waals surface area contributed by atoms with Crippen molar-refractivity contribution in [1.82, 2.24) is 4.90 Å². The van der Waals surface area contributed by atoms with Crippen LogP contribution in [0, 0.1) is 20.8 Å². The first-order valence-electron chi connectivity index (χ1n) is 11.0. The highest BCUT2D eigenvalue weighted by Gasteiger charge is 2.39.